The number of carbonyl (C=O) groups is 1. The van der Waals surface area contributed by atoms with Crippen LogP contribution in [-0.2, 0) is 9.53 Å². The van der Waals surface area contributed by atoms with E-state index in [0.717, 1.165) is 45.1 Å². The van der Waals surface area contributed by atoms with Crippen molar-refractivity contribution in [2.24, 2.45) is 17.6 Å². The van der Waals surface area contributed by atoms with E-state index in [2.05, 4.69) is 4.90 Å². The van der Waals surface area contributed by atoms with Gasteiger partial charge in [-0.25, -0.2) is 0 Å². The highest BCUT2D eigenvalue weighted by atomic mass is 16.6. The van der Waals surface area contributed by atoms with Gasteiger partial charge >= 0.3 is 5.97 Å². The summed E-state index contributed by atoms with van der Waals surface area (Å²) >= 11 is 0. The summed E-state index contributed by atoms with van der Waals surface area (Å²) in [5, 5.41) is 10.4. The molecule has 3 N–H and O–H groups in total. The van der Waals surface area contributed by atoms with E-state index in [9.17, 15) is 9.90 Å². The van der Waals surface area contributed by atoms with Crippen LogP contribution in [0.4, 0.5) is 0 Å². The Morgan fingerprint density at radius 2 is 2.24 bits per heavy atom. The van der Waals surface area contributed by atoms with Crippen molar-refractivity contribution in [3.8, 4) is 0 Å². The molecule has 3 rings (SSSR count). The van der Waals surface area contributed by atoms with Crippen molar-refractivity contribution in [1.29, 1.82) is 0 Å². The first-order valence-corrected chi connectivity index (χ1v) is 8.43. The van der Waals surface area contributed by atoms with E-state index in [-0.39, 0.29) is 36.0 Å². The highest BCUT2D eigenvalue weighted by Gasteiger charge is 2.57. The maximum atomic E-state index is 12.0. The zero-order chi connectivity index (χ0) is 15.2. The first kappa shape index (κ1) is 15.3. The fourth-order valence-corrected chi connectivity index (χ4v) is 4.85. The molecule has 3 saturated heterocycles. The molecule has 0 aromatic carbocycles. The van der Waals surface area contributed by atoms with Crippen LogP contribution in [0.15, 0.2) is 0 Å². The van der Waals surface area contributed by atoms with Gasteiger partial charge in [-0.3, -0.25) is 15.4 Å². The minimum atomic E-state index is -0.797. The molecule has 5 nitrogen and oxygen atoms in total. The van der Waals surface area contributed by atoms with Gasteiger partial charge in [0.2, 0.25) is 0 Å². The Morgan fingerprint density at radius 1 is 1.48 bits per heavy atom. The molecule has 3 heterocycles. The van der Waals surface area contributed by atoms with E-state index in [4.69, 9.17) is 10.5 Å². The third kappa shape index (κ3) is 2.39. The Balaban J connectivity index is 1.91. The van der Waals surface area contributed by atoms with Crippen LogP contribution in [-0.4, -0.2) is 46.4 Å². The fraction of sp³-hybridized carbons (Fsp3) is 0.938. The normalized spacial score (nSPS) is 45.4. The van der Waals surface area contributed by atoms with Crippen LogP contribution in [0.25, 0.3) is 0 Å². The molecule has 0 amide bonds. The van der Waals surface area contributed by atoms with Crippen molar-refractivity contribution >= 4 is 5.97 Å². The standard InChI is InChI=1S/C16H28N2O3/c1-3-13(19)11-6-4-7-12-14-10(2)15(20)21-16(14,17)8-5-9-18(11)12/h10-14,19H,3-9,17H2,1-2H3/t10-,11+,12-,13+,14+,16+/m0/s1. The number of rotatable bonds is 2. The van der Waals surface area contributed by atoms with Crippen LogP contribution in [0.2, 0.25) is 0 Å². The summed E-state index contributed by atoms with van der Waals surface area (Å²) in [5.41, 5.74) is 5.68. The fourth-order valence-electron chi connectivity index (χ4n) is 4.85. The molecule has 3 fully saturated rings. The number of fused-ring (bicyclic) bond motifs is 3. The highest BCUT2D eigenvalue weighted by Crippen LogP contribution is 2.46. The quantitative estimate of drug-likeness (QED) is 0.750. The number of hydrogen-bond donors (Lipinski definition) is 2. The van der Waals surface area contributed by atoms with Gasteiger partial charge in [0.15, 0.2) is 5.72 Å². The molecule has 5 heteroatoms. The number of piperidine rings is 1. The van der Waals surface area contributed by atoms with E-state index in [1.54, 1.807) is 0 Å². The third-order valence-electron chi connectivity index (χ3n) is 5.88. The largest absolute Gasteiger partial charge is 0.444 e. The van der Waals surface area contributed by atoms with Gasteiger partial charge in [0.1, 0.15) is 0 Å². The van der Waals surface area contributed by atoms with Crippen LogP contribution < -0.4 is 5.73 Å². The van der Waals surface area contributed by atoms with Gasteiger partial charge in [0.05, 0.1) is 12.0 Å². The van der Waals surface area contributed by atoms with E-state index in [1.165, 1.54) is 0 Å². The molecule has 0 aromatic rings. The van der Waals surface area contributed by atoms with Gasteiger partial charge in [-0.1, -0.05) is 20.3 Å². The average molecular weight is 296 g/mol. The molecule has 6 atom stereocenters. The molecule has 3 aliphatic heterocycles. The lowest BCUT2D eigenvalue weighted by Crippen LogP contribution is -2.58. The van der Waals surface area contributed by atoms with Gasteiger partial charge in [0.25, 0.3) is 0 Å². The lowest BCUT2D eigenvalue weighted by atomic mass is 9.76. The summed E-state index contributed by atoms with van der Waals surface area (Å²) in [6, 6.07) is 0.470. The molecule has 0 unspecified atom stereocenters. The second-order valence-electron chi connectivity index (χ2n) is 7.07. The Bertz CT molecular complexity index is 416. The minimum Gasteiger partial charge on any atom is -0.444 e. The number of aliphatic hydroxyl groups is 1. The second-order valence-corrected chi connectivity index (χ2v) is 7.07. The first-order valence-electron chi connectivity index (χ1n) is 8.43. The minimum absolute atomic E-state index is 0.0550. The molecule has 0 aliphatic carbocycles. The van der Waals surface area contributed by atoms with Crippen LogP contribution >= 0.6 is 0 Å². The average Bonchev–Trinajstić information content (AvgIpc) is 2.60. The van der Waals surface area contributed by atoms with Crippen LogP contribution in [0.5, 0.6) is 0 Å². The Hall–Kier alpha value is -0.650. The molecular weight excluding hydrogens is 268 g/mol. The molecule has 0 radical (unpaired) electrons. The Morgan fingerprint density at radius 3 is 2.95 bits per heavy atom. The lowest BCUT2D eigenvalue weighted by Gasteiger charge is -2.47. The lowest BCUT2D eigenvalue weighted by molar-refractivity contribution is -0.151. The molecule has 0 saturated carbocycles. The molecule has 0 spiro atoms. The molecule has 21 heavy (non-hydrogen) atoms. The molecule has 0 aromatic heterocycles. The van der Waals surface area contributed by atoms with Crippen molar-refractivity contribution in [3.63, 3.8) is 0 Å². The smallest absolute Gasteiger partial charge is 0.310 e. The zero-order valence-electron chi connectivity index (χ0n) is 13.1. The van der Waals surface area contributed by atoms with Gasteiger partial charge in [-0.05, 0) is 32.2 Å². The van der Waals surface area contributed by atoms with E-state index in [1.807, 2.05) is 13.8 Å². The number of hydrogen-bond acceptors (Lipinski definition) is 5. The maximum Gasteiger partial charge on any atom is 0.310 e. The van der Waals surface area contributed by atoms with Gasteiger partial charge < -0.3 is 9.84 Å². The molecule has 3 aliphatic rings. The SMILES string of the molecule is CC[C@@H](O)[C@H]1CCC[C@H]2[C@H]3[C@H](C)C(=O)O[C@]3(N)CCCN12. The van der Waals surface area contributed by atoms with E-state index in [0.29, 0.717) is 0 Å². The van der Waals surface area contributed by atoms with Crippen molar-refractivity contribution in [3.05, 3.63) is 0 Å². The topological polar surface area (TPSA) is 75.8 Å². The third-order valence-corrected chi connectivity index (χ3v) is 5.88. The summed E-state index contributed by atoms with van der Waals surface area (Å²) in [7, 11) is 0. The van der Waals surface area contributed by atoms with Crippen molar-refractivity contribution in [1.82, 2.24) is 4.90 Å². The zero-order valence-corrected chi connectivity index (χ0v) is 13.1. The predicted molar refractivity (Wildman–Crippen MR) is 79.3 cm³/mol. The number of carbonyl (C=O) groups excluding carboxylic acids is 1. The van der Waals surface area contributed by atoms with Crippen LogP contribution in [0.3, 0.4) is 0 Å². The molecular formula is C16H28N2O3. The van der Waals surface area contributed by atoms with Crippen LogP contribution in [0.1, 0.15) is 52.4 Å². The number of ether oxygens (including phenoxy) is 1. The maximum absolute atomic E-state index is 12.0. The van der Waals surface area contributed by atoms with Gasteiger partial charge in [0, 0.05) is 24.4 Å². The summed E-state index contributed by atoms with van der Waals surface area (Å²) in [5.74, 6) is -0.236. The van der Waals surface area contributed by atoms with Gasteiger partial charge in [-0.2, -0.15) is 0 Å². The molecule has 0 bridgehead atoms. The summed E-state index contributed by atoms with van der Waals surface area (Å²) in [6.45, 7) is 4.93. The summed E-state index contributed by atoms with van der Waals surface area (Å²) in [6.07, 6.45) is 5.34. The first-order chi connectivity index (χ1) is 9.98. The Labute approximate surface area is 126 Å². The van der Waals surface area contributed by atoms with Crippen molar-refractivity contribution in [2.75, 3.05) is 6.54 Å². The predicted octanol–water partition coefficient (Wildman–Crippen LogP) is 1.24. The number of esters is 1. The highest BCUT2D eigenvalue weighted by molar-refractivity contribution is 5.75. The summed E-state index contributed by atoms with van der Waals surface area (Å²) < 4.78 is 5.57. The van der Waals surface area contributed by atoms with Gasteiger partial charge in [-0.15, -0.1) is 0 Å². The molecule has 120 valence electrons. The Kier molecular flexibility index (Phi) is 4.01. The summed E-state index contributed by atoms with van der Waals surface area (Å²) in [4.78, 5) is 14.5. The van der Waals surface area contributed by atoms with Crippen molar-refractivity contribution < 1.29 is 14.6 Å². The second kappa shape index (κ2) is 5.52. The number of aliphatic hydroxyl groups excluding tert-OH is 1. The number of nitrogens with two attached hydrogens (primary N) is 1. The van der Waals surface area contributed by atoms with E-state index < -0.39 is 5.72 Å². The van der Waals surface area contributed by atoms with E-state index >= 15 is 0 Å². The van der Waals surface area contributed by atoms with Crippen LogP contribution in [0, 0.1) is 11.8 Å². The number of nitrogens with zero attached hydrogens (tertiary/aromatic N) is 1. The monoisotopic (exact) mass is 296 g/mol. The van der Waals surface area contributed by atoms with Crippen molar-refractivity contribution in [2.45, 2.75) is 76.3 Å².